The van der Waals surface area contributed by atoms with E-state index in [0.717, 1.165) is 4.31 Å². The van der Waals surface area contributed by atoms with Gasteiger partial charge in [-0.1, -0.05) is 6.07 Å². The van der Waals surface area contributed by atoms with Crippen molar-refractivity contribution in [3.05, 3.63) is 33.9 Å². The summed E-state index contributed by atoms with van der Waals surface area (Å²) in [7, 11) is -2.35. The topological polar surface area (TPSA) is 107 Å². The molecule has 0 fully saturated rings. The van der Waals surface area contributed by atoms with Gasteiger partial charge < -0.3 is 5.73 Å². The number of nitrogens with two attached hydrogens (primary N) is 1. The highest BCUT2D eigenvalue weighted by Crippen LogP contribution is 2.26. The number of likely N-dealkylation sites (N-methyl/N-ethyl adjacent to an activating group) is 1. The Morgan fingerprint density at radius 2 is 2.06 bits per heavy atom. The summed E-state index contributed by atoms with van der Waals surface area (Å²) >= 11 is 0. The summed E-state index contributed by atoms with van der Waals surface area (Å²) in [5, 5.41) is 10.8. The lowest BCUT2D eigenvalue weighted by molar-refractivity contribution is -0.385. The van der Waals surface area contributed by atoms with Gasteiger partial charge in [0.25, 0.3) is 5.69 Å². The van der Waals surface area contributed by atoms with Crippen LogP contribution < -0.4 is 5.73 Å². The summed E-state index contributed by atoms with van der Waals surface area (Å²) in [6, 6.07) is 3.98. The Labute approximate surface area is 105 Å². The third-order valence-corrected chi connectivity index (χ3v) is 4.59. The van der Waals surface area contributed by atoms with Crippen LogP contribution >= 0.6 is 0 Å². The molecule has 1 rings (SSSR count). The van der Waals surface area contributed by atoms with Gasteiger partial charge in [-0.05, 0) is 13.0 Å². The smallest absolute Gasteiger partial charge is 0.273 e. The first-order valence-electron chi connectivity index (χ1n) is 5.22. The molecule has 1 aromatic rings. The lowest BCUT2D eigenvalue weighted by Crippen LogP contribution is -2.32. The van der Waals surface area contributed by atoms with Gasteiger partial charge in [0.05, 0.1) is 9.82 Å². The highest BCUT2D eigenvalue weighted by atomic mass is 32.2. The van der Waals surface area contributed by atoms with Crippen LogP contribution in [0.3, 0.4) is 0 Å². The fraction of sp³-hybridized carbons (Fsp3) is 0.400. The summed E-state index contributed by atoms with van der Waals surface area (Å²) in [6.07, 6.45) is 0. The molecule has 0 radical (unpaired) electrons. The van der Waals surface area contributed by atoms with Crippen LogP contribution in [0.15, 0.2) is 23.1 Å². The lowest BCUT2D eigenvalue weighted by atomic mass is 10.2. The third-order valence-electron chi connectivity index (χ3n) is 2.58. The lowest BCUT2D eigenvalue weighted by Gasteiger charge is -2.17. The molecule has 0 bridgehead atoms. The van der Waals surface area contributed by atoms with Gasteiger partial charge in [0.2, 0.25) is 10.0 Å². The van der Waals surface area contributed by atoms with Crippen molar-refractivity contribution in [2.45, 2.75) is 11.8 Å². The fourth-order valence-corrected chi connectivity index (χ4v) is 2.97. The second-order valence-corrected chi connectivity index (χ2v) is 5.79. The molecule has 0 saturated carbocycles. The number of hydrogen-bond acceptors (Lipinski definition) is 5. The maximum absolute atomic E-state index is 12.2. The van der Waals surface area contributed by atoms with Gasteiger partial charge in [0, 0.05) is 31.8 Å². The zero-order valence-corrected chi connectivity index (χ0v) is 11.0. The van der Waals surface area contributed by atoms with Crippen LogP contribution in [0.2, 0.25) is 0 Å². The first-order chi connectivity index (χ1) is 8.32. The maximum Gasteiger partial charge on any atom is 0.273 e. The second kappa shape index (κ2) is 5.42. The number of nitro groups is 1. The summed E-state index contributed by atoms with van der Waals surface area (Å²) < 4.78 is 25.4. The number of nitro benzene ring substituents is 1. The van der Waals surface area contributed by atoms with E-state index in [9.17, 15) is 18.5 Å². The normalized spacial score (nSPS) is 11.8. The van der Waals surface area contributed by atoms with E-state index in [-0.39, 0.29) is 29.2 Å². The summed E-state index contributed by atoms with van der Waals surface area (Å²) in [5.74, 6) is 0. The molecule has 100 valence electrons. The molecule has 1 aromatic carbocycles. The van der Waals surface area contributed by atoms with Gasteiger partial charge in [0.15, 0.2) is 0 Å². The number of benzene rings is 1. The molecule has 0 aliphatic heterocycles. The summed E-state index contributed by atoms with van der Waals surface area (Å²) in [4.78, 5) is 10.1. The largest absolute Gasteiger partial charge is 0.329 e. The average molecular weight is 273 g/mol. The highest BCUT2D eigenvalue weighted by molar-refractivity contribution is 7.89. The van der Waals surface area contributed by atoms with Crippen LogP contribution in [0.25, 0.3) is 0 Å². The Balaban J connectivity index is 3.34. The number of rotatable bonds is 5. The number of sulfonamides is 1. The Kier molecular flexibility index (Phi) is 4.38. The third kappa shape index (κ3) is 2.66. The van der Waals surface area contributed by atoms with Crippen LogP contribution in [0, 0.1) is 17.0 Å². The Morgan fingerprint density at radius 3 is 2.56 bits per heavy atom. The molecule has 0 atom stereocenters. The van der Waals surface area contributed by atoms with E-state index < -0.39 is 14.9 Å². The maximum atomic E-state index is 12.2. The van der Waals surface area contributed by atoms with Crippen LogP contribution in [0.1, 0.15) is 5.56 Å². The van der Waals surface area contributed by atoms with E-state index in [1.54, 1.807) is 0 Å². The Bertz CT molecular complexity index is 556. The van der Waals surface area contributed by atoms with Crippen molar-refractivity contribution < 1.29 is 13.3 Å². The molecular weight excluding hydrogens is 258 g/mol. The molecule has 0 aliphatic carbocycles. The van der Waals surface area contributed by atoms with Crippen LogP contribution in [-0.4, -0.2) is 37.8 Å². The minimum Gasteiger partial charge on any atom is -0.329 e. The minimum atomic E-state index is -3.74. The van der Waals surface area contributed by atoms with E-state index >= 15 is 0 Å². The predicted octanol–water partition coefficient (Wildman–Crippen LogP) is 0.482. The van der Waals surface area contributed by atoms with E-state index in [2.05, 4.69) is 0 Å². The molecular formula is C10H15N3O4S. The second-order valence-electron chi connectivity index (χ2n) is 3.77. The van der Waals surface area contributed by atoms with Crippen LogP contribution in [-0.2, 0) is 10.0 Å². The van der Waals surface area contributed by atoms with Gasteiger partial charge >= 0.3 is 0 Å². The zero-order chi connectivity index (χ0) is 13.9. The molecule has 0 spiro atoms. The van der Waals surface area contributed by atoms with Crippen molar-refractivity contribution in [1.29, 1.82) is 0 Å². The van der Waals surface area contributed by atoms with Crippen LogP contribution in [0.5, 0.6) is 0 Å². The molecule has 0 amide bonds. The van der Waals surface area contributed by atoms with Crippen molar-refractivity contribution in [2.75, 3.05) is 20.1 Å². The minimum absolute atomic E-state index is 0.0624. The summed E-state index contributed by atoms with van der Waals surface area (Å²) in [6.45, 7) is 1.76. The quantitative estimate of drug-likeness (QED) is 0.620. The summed E-state index contributed by atoms with van der Waals surface area (Å²) in [5.41, 5.74) is 5.23. The molecule has 0 unspecified atom stereocenters. The van der Waals surface area contributed by atoms with Crippen LogP contribution in [0.4, 0.5) is 5.69 Å². The molecule has 8 heteroatoms. The van der Waals surface area contributed by atoms with E-state index in [1.807, 2.05) is 0 Å². The predicted molar refractivity (Wildman–Crippen MR) is 66.7 cm³/mol. The molecule has 2 N–H and O–H groups in total. The molecule has 0 aliphatic rings. The monoisotopic (exact) mass is 273 g/mol. The van der Waals surface area contributed by atoms with Crippen molar-refractivity contribution >= 4 is 15.7 Å². The first-order valence-corrected chi connectivity index (χ1v) is 6.66. The van der Waals surface area contributed by atoms with E-state index in [4.69, 9.17) is 5.73 Å². The average Bonchev–Trinajstić information content (AvgIpc) is 2.28. The van der Waals surface area contributed by atoms with Gasteiger partial charge in [0.1, 0.15) is 0 Å². The van der Waals surface area contributed by atoms with Gasteiger partial charge in [-0.3, -0.25) is 10.1 Å². The molecule has 0 aromatic heterocycles. The molecule has 0 heterocycles. The Hall–Kier alpha value is -1.51. The van der Waals surface area contributed by atoms with Crippen molar-refractivity contribution in [2.24, 2.45) is 5.73 Å². The fourth-order valence-electron chi connectivity index (χ4n) is 1.55. The van der Waals surface area contributed by atoms with Crippen molar-refractivity contribution in [3.8, 4) is 0 Å². The Morgan fingerprint density at radius 1 is 1.44 bits per heavy atom. The SMILES string of the molecule is Cc1c([N+](=O)[O-])cccc1S(=O)(=O)N(C)CCN. The highest BCUT2D eigenvalue weighted by Gasteiger charge is 2.26. The van der Waals surface area contributed by atoms with E-state index in [0.29, 0.717) is 0 Å². The van der Waals surface area contributed by atoms with Gasteiger partial charge in [-0.15, -0.1) is 0 Å². The van der Waals surface area contributed by atoms with Gasteiger partial charge in [-0.25, -0.2) is 8.42 Å². The van der Waals surface area contributed by atoms with Crippen molar-refractivity contribution in [3.63, 3.8) is 0 Å². The number of nitrogens with zero attached hydrogens (tertiary/aromatic N) is 2. The molecule has 18 heavy (non-hydrogen) atoms. The van der Waals surface area contributed by atoms with E-state index in [1.165, 1.54) is 32.2 Å². The zero-order valence-electron chi connectivity index (χ0n) is 10.2. The number of hydrogen-bond donors (Lipinski definition) is 1. The van der Waals surface area contributed by atoms with Gasteiger partial charge in [-0.2, -0.15) is 4.31 Å². The van der Waals surface area contributed by atoms with Crippen molar-refractivity contribution in [1.82, 2.24) is 4.31 Å². The first kappa shape index (κ1) is 14.6. The molecule has 0 saturated heterocycles. The molecule has 7 nitrogen and oxygen atoms in total. The standard InChI is InChI=1S/C10H15N3O4S/c1-8-9(13(14)15)4-3-5-10(8)18(16,17)12(2)7-6-11/h3-5H,6-7,11H2,1-2H3.